The smallest absolute Gasteiger partial charge is 0.305 e. The number of para-hydroxylation sites is 1. The van der Waals surface area contributed by atoms with Crippen LogP contribution in [0, 0.1) is 0 Å². The molecule has 90 valence electrons. The molecule has 1 N–H and O–H groups in total. The van der Waals surface area contributed by atoms with Gasteiger partial charge in [-0.25, -0.2) is 4.79 Å². The van der Waals surface area contributed by atoms with Crippen molar-refractivity contribution in [2.75, 3.05) is 7.11 Å². The van der Waals surface area contributed by atoms with Crippen LogP contribution in [0.5, 0.6) is 0 Å². The molecule has 0 atom stereocenters. The maximum atomic E-state index is 11.9. The third-order valence-corrected chi connectivity index (χ3v) is 2.61. The van der Waals surface area contributed by atoms with Crippen LogP contribution in [-0.2, 0) is 18.4 Å². The average molecular weight is 233 g/mol. The fourth-order valence-electron chi connectivity index (χ4n) is 1.69. The number of benzene rings is 1. The molecule has 0 saturated heterocycles. The second kappa shape index (κ2) is 4.99. The summed E-state index contributed by atoms with van der Waals surface area (Å²) in [6.07, 6.45) is 3.50. The van der Waals surface area contributed by atoms with E-state index in [0.717, 1.165) is 11.3 Å². The van der Waals surface area contributed by atoms with Crippen molar-refractivity contribution >= 4 is 0 Å². The quantitative estimate of drug-likeness (QED) is 0.796. The summed E-state index contributed by atoms with van der Waals surface area (Å²) in [6.45, 7) is 0.550. The molecule has 0 aliphatic heterocycles. The molecule has 5 nitrogen and oxygen atoms in total. The number of aromatic nitrogens is 2. The van der Waals surface area contributed by atoms with E-state index in [0.29, 0.717) is 6.54 Å². The van der Waals surface area contributed by atoms with Crippen LogP contribution in [0.4, 0.5) is 0 Å². The predicted molar refractivity (Wildman–Crippen MR) is 64.9 cm³/mol. The van der Waals surface area contributed by atoms with Crippen molar-refractivity contribution in [3.8, 4) is 5.69 Å². The van der Waals surface area contributed by atoms with Gasteiger partial charge in [-0.15, -0.1) is 0 Å². The number of aryl methyl sites for hydroxylation is 1. The first-order chi connectivity index (χ1) is 8.24. The van der Waals surface area contributed by atoms with E-state index in [1.165, 1.54) is 0 Å². The molecular formula is C12H15N3O2. The summed E-state index contributed by atoms with van der Waals surface area (Å²) in [5, 5.41) is 0. The molecule has 0 radical (unpaired) electrons. The Bertz CT molecular complexity index is 557. The molecule has 0 saturated carbocycles. The first-order valence-corrected chi connectivity index (χ1v) is 5.32. The molecular weight excluding hydrogens is 218 g/mol. The zero-order chi connectivity index (χ0) is 12.3. The molecule has 0 unspecified atom stereocenters. The summed E-state index contributed by atoms with van der Waals surface area (Å²) in [5.74, 6) is 0. The van der Waals surface area contributed by atoms with Crippen LogP contribution in [0.3, 0.4) is 0 Å². The molecule has 5 heteroatoms. The molecule has 2 rings (SSSR count). The number of hydrogen-bond acceptors (Lipinski definition) is 3. The van der Waals surface area contributed by atoms with E-state index in [9.17, 15) is 4.79 Å². The predicted octanol–water partition coefficient (Wildman–Crippen LogP) is 0.827. The first kappa shape index (κ1) is 11.6. The molecule has 0 aliphatic carbocycles. The fourth-order valence-corrected chi connectivity index (χ4v) is 1.69. The van der Waals surface area contributed by atoms with Crippen LogP contribution in [0.15, 0.2) is 41.5 Å². The summed E-state index contributed by atoms with van der Waals surface area (Å²) in [5.41, 5.74) is 4.58. The van der Waals surface area contributed by atoms with Gasteiger partial charge in [0.1, 0.15) is 0 Å². The van der Waals surface area contributed by atoms with E-state index < -0.39 is 0 Å². The number of hydrogen-bond donors (Lipinski definition) is 1. The summed E-state index contributed by atoms with van der Waals surface area (Å²) < 4.78 is 3.16. The molecule has 1 heterocycles. The van der Waals surface area contributed by atoms with E-state index >= 15 is 0 Å². The van der Waals surface area contributed by atoms with Crippen molar-refractivity contribution in [3.05, 3.63) is 52.7 Å². The molecule has 1 aromatic heterocycles. The van der Waals surface area contributed by atoms with Crippen LogP contribution >= 0.6 is 0 Å². The molecule has 0 spiro atoms. The van der Waals surface area contributed by atoms with Gasteiger partial charge < -0.3 is 9.40 Å². The molecule has 1 aromatic carbocycles. The highest BCUT2D eigenvalue weighted by atomic mass is 16.6. The number of rotatable bonds is 4. The Morgan fingerprint density at radius 1 is 1.29 bits per heavy atom. The van der Waals surface area contributed by atoms with Crippen molar-refractivity contribution in [1.82, 2.24) is 14.6 Å². The highest BCUT2D eigenvalue weighted by Gasteiger charge is 2.07. The van der Waals surface area contributed by atoms with Crippen LogP contribution in [0.25, 0.3) is 5.69 Å². The number of nitrogens with zero attached hydrogens (tertiary/aromatic N) is 2. The monoisotopic (exact) mass is 233 g/mol. The highest BCUT2D eigenvalue weighted by Crippen LogP contribution is 2.12. The lowest BCUT2D eigenvalue weighted by Gasteiger charge is -2.09. The van der Waals surface area contributed by atoms with Gasteiger partial charge in [-0.2, -0.15) is 5.48 Å². The van der Waals surface area contributed by atoms with E-state index in [1.54, 1.807) is 35.7 Å². The second-order valence-corrected chi connectivity index (χ2v) is 3.72. The lowest BCUT2D eigenvalue weighted by molar-refractivity contribution is 0.0867. The van der Waals surface area contributed by atoms with Crippen LogP contribution in [-0.4, -0.2) is 16.2 Å². The SMILES string of the molecule is CONCc1ccccc1-n1ccn(C)c1=O. The fraction of sp³-hybridized carbons (Fsp3) is 0.250. The van der Waals surface area contributed by atoms with E-state index in [2.05, 4.69) is 5.48 Å². The Hall–Kier alpha value is -1.85. The Kier molecular flexibility index (Phi) is 3.41. The highest BCUT2D eigenvalue weighted by molar-refractivity contribution is 5.40. The maximum absolute atomic E-state index is 11.9. The zero-order valence-electron chi connectivity index (χ0n) is 9.88. The Labute approximate surface area is 99.2 Å². The number of imidazole rings is 1. The molecule has 2 aromatic rings. The molecule has 17 heavy (non-hydrogen) atoms. The lowest BCUT2D eigenvalue weighted by Crippen LogP contribution is -2.22. The largest absolute Gasteiger partial charge is 0.332 e. The number of nitrogens with one attached hydrogen (secondary N) is 1. The summed E-state index contributed by atoms with van der Waals surface area (Å²) in [7, 11) is 3.30. The van der Waals surface area contributed by atoms with Gasteiger partial charge in [0.2, 0.25) is 0 Å². The molecule has 0 aliphatic rings. The Morgan fingerprint density at radius 2 is 2.06 bits per heavy atom. The normalized spacial score (nSPS) is 10.7. The van der Waals surface area contributed by atoms with E-state index in [4.69, 9.17) is 4.84 Å². The van der Waals surface area contributed by atoms with Gasteiger partial charge in [0.15, 0.2) is 0 Å². The Morgan fingerprint density at radius 3 is 2.71 bits per heavy atom. The summed E-state index contributed by atoms with van der Waals surface area (Å²) >= 11 is 0. The van der Waals surface area contributed by atoms with Crippen molar-refractivity contribution in [3.63, 3.8) is 0 Å². The van der Waals surface area contributed by atoms with Crippen LogP contribution in [0.2, 0.25) is 0 Å². The summed E-state index contributed by atoms with van der Waals surface area (Å²) in [6, 6.07) is 7.71. The standard InChI is InChI=1S/C12H15N3O2/c1-14-7-8-15(12(14)16)11-6-4-3-5-10(11)9-13-17-2/h3-8,13H,9H2,1-2H3. The van der Waals surface area contributed by atoms with Gasteiger partial charge in [0.05, 0.1) is 12.8 Å². The van der Waals surface area contributed by atoms with E-state index in [-0.39, 0.29) is 5.69 Å². The van der Waals surface area contributed by atoms with Crippen molar-refractivity contribution in [2.24, 2.45) is 7.05 Å². The zero-order valence-corrected chi connectivity index (χ0v) is 9.88. The summed E-state index contributed by atoms with van der Waals surface area (Å²) in [4.78, 5) is 16.7. The lowest BCUT2D eigenvalue weighted by atomic mass is 10.2. The van der Waals surface area contributed by atoms with Crippen LogP contribution in [0.1, 0.15) is 5.56 Å². The molecule has 0 fully saturated rings. The van der Waals surface area contributed by atoms with Gasteiger partial charge in [-0.1, -0.05) is 18.2 Å². The third kappa shape index (κ3) is 2.30. The first-order valence-electron chi connectivity index (χ1n) is 5.32. The van der Waals surface area contributed by atoms with Crippen LogP contribution < -0.4 is 11.2 Å². The third-order valence-electron chi connectivity index (χ3n) is 2.61. The van der Waals surface area contributed by atoms with Crippen molar-refractivity contribution in [2.45, 2.75) is 6.54 Å². The van der Waals surface area contributed by atoms with Crippen molar-refractivity contribution < 1.29 is 4.84 Å². The topological polar surface area (TPSA) is 48.2 Å². The maximum Gasteiger partial charge on any atom is 0.332 e. The van der Waals surface area contributed by atoms with Gasteiger partial charge in [0, 0.05) is 26.0 Å². The molecule has 0 bridgehead atoms. The minimum Gasteiger partial charge on any atom is -0.305 e. The van der Waals surface area contributed by atoms with Gasteiger partial charge in [-0.3, -0.25) is 4.57 Å². The number of hydroxylamine groups is 1. The molecule has 0 amide bonds. The van der Waals surface area contributed by atoms with Crippen molar-refractivity contribution in [1.29, 1.82) is 0 Å². The minimum atomic E-state index is -0.0603. The van der Waals surface area contributed by atoms with Gasteiger partial charge in [0.25, 0.3) is 0 Å². The van der Waals surface area contributed by atoms with Gasteiger partial charge in [-0.05, 0) is 11.6 Å². The second-order valence-electron chi connectivity index (χ2n) is 3.72. The Balaban J connectivity index is 2.44. The minimum absolute atomic E-state index is 0.0603. The average Bonchev–Trinajstić information content (AvgIpc) is 2.68. The van der Waals surface area contributed by atoms with E-state index in [1.807, 2.05) is 24.3 Å². The van der Waals surface area contributed by atoms with Gasteiger partial charge >= 0.3 is 5.69 Å².